The van der Waals surface area contributed by atoms with Crippen molar-refractivity contribution in [3.05, 3.63) is 76.1 Å². The molecule has 1 atom stereocenters. The van der Waals surface area contributed by atoms with Crippen molar-refractivity contribution in [2.75, 3.05) is 5.32 Å². The lowest BCUT2D eigenvalue weighted by atomic mass is 10.1. The van der Waals surface area contributed by atoms with Crippen LogP contribution in [0.5, 0.6) is 0 Å². The Morgan fingerprint density at radius 2 is 2.00 bits per heavy atom. The molecule has 8 nitrogen and oxygen atoms in total. The van der Waals surface area contributed by atoms with E-state index in [0.29, 0.717) is 5.16 Å². The minimum atomic E-state index is -0.644. The molecule has 0 saturated carbocycles. The summed E-state index contributed by atoms with van der Waals surface area (Å²) >= 11 is 1.23. The molecule has 0 fully saturated rings. The summed E-state index contributed by atoms with van der Waals surface area (Å²) < 4.78 is 1.71. The second-order valence-electron chi connectivity index (χ2n) is 5.90. The fraction of sp³-hybridized carbons (Fsp3) is 0.167. The van der Waals surface area contributed by atoms with Gasteiger partial charge in [0, 0.05) is 13.1 Å². The molecule has 0 radical (unpaired) electrons. The molecule has 0 aliphatic rings. The topological polar surface area (TPSA) is 103 Å². The molecular weight excluding hydrogens is 366 g/mol. The lowest BCUT2D eigenvalue weighted by molar-refractivity contribution is -0.384. The van der Waals surface area contributed by atoms with Crippen LogP contribution in [-0.4, -0.2) is 25.6 Å². The number of nitro groups is 1. The maximum Gasteiger partial charge on any atom is 0.293 e. The molecule has 9 heteroatoms. The highest BCUT2D eigenvalue weighted by Crippen LogP contribution is 2.36. The van der Waals surface area contributed by atoms with Gasteiger partial charge in [0.25, 0.3) is 5.69 Å². The number of carbonyl (C=O) groups excluding carboxylic acids is 1. The molecule has 0 aliphatic carbocycles. The van der Waals surface area contributed by atoms with Crippen LogP contribution in [0.1, 0.15) is 16.4 Å². The highest BCUT2D eigenvalue weighted by Gasteiger charge is 2.26. The highest BCUT2D eigenvalue weighted by molar-refractivity contribution is 8.00. The van der Waals surface area contributed by atoms with Gasteiger partial charge >= 0.3 is 0 Å². The van der Waals surface area contributed by atoms with Gasteiger partial charge in [-0.3, -0.25) is 14.9 Å². The number of aryl methyl sites for hydroxylation is 2. The van der Waals surface area contributed by atoms with Gasteiger partial charge in [0.1, 0.15) is 17.3 Å². The van der Waals surface area contributed by atoms with Crippen molar-refractivity contribution in [3.63, 3.8) is 0 Å². The van der Waals surface area contributed by atoms with Gasteiger partial charge in [-0.25, -0.2) is 0 Å². The van der Waals surface area contributed by atoms with Gasteiger partial charge in [0.15, 0.2) is 5.16 Å². The highest BCUT2D eigenvalue weighted by atomic mass is 32.2. The van der Waals surface area contributed by atoms with Gasteiger partial charge in [-0.05, 0) is 24.1 Å². The number of aromatic nitrogens is 3. The Morgan fingerprint density at radius 1 is 1.26 bits per heavy atom. The van der Waals surface area contributed by atoms with E-state index in [1.165, 1.54) is 17.8 Å². The molecule has 0 spiro atoms. The molecule has 1 N–H and O–H groups in total. The fourth-order valence-corrected chi connectivity index (χ4v) is 3.46. The molecule has 0 aliphatic heterocycles. The van der Waals surface area contributed by atoms with Crippen molar-refractivity contribution in [2.45, 2.75) is 17.3 Å². The summed E-state index contributed by atoms with van der Waals surface area (Å²) in [5.41, 5.74) is 1.53. The third-order valence-corrected chi connectivity index (χ3v) is 5.14. The van der Waals surface area contributed by atoms with Gasteiger partial charge in [0.2, 0.25) is 5.91 Å². The van der Waals surface area contributed by atoms with Crippen LogP contribution in [0.4, 0.5) is 11.4 Å². The summed E-state index contributed by atoms with van der Waals surface area (Å²) in [6, 6.07) is 13.9. The Balaban J connectivity index is 1.92. The van der Waals surface area contributed by atoms with Crippen LogP contribution in [0.3, 0.4) is 0 Å². The largest absolute Gasteiger partial charge is 0.319 e. The van der Waals surface area contributed by atoms with Crippen LogP contribution in [0.25, 0.3) is 0 Å². The number of thioether (sulfide) groups is 1. The molecule has 1 amide bonds. The molecule has 138 valence electrons. The summed E-state index contributed by atoms with van der Waals surface area (Å²) in [5, 5.41) is 21.8. The zero-order valence-corrected chi connectivity index (χ0v) is 15.5. The van der Waals surface area contributed by atoms with Crippen LogP contribution in [0.15, 0.2) is 60.0 Å². The van der Waals surface area contributed by atoms with Crippen molar-refractivity contribution < 1.29 is 9.72 Å². The molecule has 27 heavy (non-hydrogen) atoms. The average molecular weight is 383 g/mol. The first kappa shape index (κ1) is 18.6. The van der Waals surface area contributed by atoms with Crippen LogP contribution >= 0.6 is 11.8 Å². The lowest BCUT2D eigenvalue weighted by Crippen LogP contribution is -2.20. The number of nitro benzene ring substituents is 1. The number of nitrogens with zero attached hydrogens (tertiary/aromatic N) is 4. The number of rotatable bonds is 6. The molecule has 3 rings (SSSR count). The van der Waals surface area contributed by atoms with Crippen molar-refractivity contribution in [1.29, 1.82) is 0 Å². The number of anilines is 1. The molecule has 1 heterocycles. The first-order valence-corrected chi connectivity index (χ1v) is 8.95. The Morgan fingerprint density at radius 3 is 2.63 bits per heavy atom. The number of hydrogen-bond acceptors (Lipinski definition) is 6. The number of hydrogen-bond donors (Lipinski definition) is 1. The zero-order valence-electron chi connectivity index (χ0n) is 14.7. The van der Waals surface area contributed by atoms with Crippen LogP contribution in [0, 0.1) is 17.0 Å². The van der Waals surface area contributed by atoms with E-state index in [1.807, 2.05) is 30.3 Å². The monoisotopic (exact) mass is 383 g/mol. The fourth-order valence-electron chi connectivity index (χ4n) is 2.48. The molecule has 3 aromatic rings. The van der Waals surface area contributed by atoms with Crippen molar-refractivity contribution >= 4 is 29.0 Å². The minimum absolute atomic E-state index is 0.140. The molecule has 0 unspecified atom stereocenters. The molecule has 1 aromatic heterocycles. The molecule has 0 bridgehead atoms. The van der Waals surface area contributed by atoms with E-state index < -0.39 is 10.2 Å². The average Bonchev–Trinajstić information content (AvgIpc) is 3.06. The number of benzene rings is 2. The number of carbonyl (C=O) groups is 1. The summed E-state index contributed by atoms with van der Waals surface area (Å²) in [5.74, 6) is -0.374. The van der Waals surface area contributed by atoms with Crippen LogP contribution < -0.4 is 5.32 Å². The van der Waals surface area contributed by atoms with Gasteiger partial charge < -0.3 is 9.88 Å². The Kier molecular flexibility index (Phi) is 5.51. The van der Waals surface area contributed by atoms with Crippen molar-refractivity contribution in [1.82, 2.24) is 14.8 Å². The molecule has 2 aromatic carbocycles. The maximum absolute atomic E-state index is 13.0. The maximum atomic E-state index is 13.0. The zero-order chi connectivity index (χ0) is 19.4. The standard InChI is InChI=1S/C18H17N5O3S/c1-12-8-9-14(15(10-12)23(25)26)20-17(24)16(13-6-4-3-5-7-13)27-18-21-19-11-22(18)2/h3-11,16H,1-2H3,(H,20,24)/t16-/m1/s1. The quantitative estimate of drug-likeness (QED) is 0.397. The molecular formula is C18H17N5O3S. The smallest absolute Gasteiger partial charge is 0.293 e. The van der Waals surface area contributed by atoms with E-state index in [1.54, 1.807) is 37.0 Å². The normalized spacial score (nSPS) is 11.8. The predicted molar refractivity (Wildman–Crippen MR) is 103 cm³/mol. The first-order chi connectivity index (χ1) is 13.0. The van der Waals surface area contributed by atoms with Crippen molar-refractivity contribution in [3.8, 4) is 0 Å². The SMILES string of the molecule is Cc1ccc(NC(=O)[C@H](Sc2nncn2C)c2ccccc2)c([N+](=O)[O-])c1. The van der Waals surface area contributed by atoms with E-state index in [4.69, 9.17) is 0 Å². The van der Waals surface area contributed by atoms with E-state index in [2.05, 4.69) is 15.5 Å². The van der Waals surface area contributed by atoms with Crippen LogP contribution in [-0.2, 0) is 11.8 Å². The van der Waals surface area contributed by atoms with Gasteiger partial charge in [-0.1, -0.05) is 48.2 Å². The number of amides is 1. The lowest BCUT2D eigenvalue weighted by Gasteiger charge is -2.16. The van der Waals surface area contributed by atoms with Gasteiger partial charge in [-0.15, -0.1) is 10.2 Å². The van der Waals surface area contributed by atoms with E-state index in [9.17, 15) is 14.9 Å². The summed E-state index contributed by atoms with van der Waals surface area (Å²) in [6.07, 6.45) is 1.55. The Bertz CT molecular complexity index is 974. The summed E-state index contributed by atoms with van der Waals surface area (Å²) in [4.78, 5) is 23.8. The predicted octanol–water partition coefficient (Wildman–Crippen LogP) is 3.50. The molecule has 0 saturated heterocycles. The minimum Gasteiger partial charge on any atom is -0.319 e. The van der Waals surface area contributed by atoms with E-state index in [-0.39, 0.29) is 17.3 Å². The second-order valence-corrected chi connectivity index (χ2v) is 6.97. The summed E-state index contributed by atoms with van der Waals surface area (Å²) in [6.45, 7) is 1.76. The third-order valence-electron chi connectivity index (χ3n) is 3.84. The summed E-state index contributed by atoms with van der Waals surface area (Å²) in [7, 11) is 1.78. The van der Waals surface area contributed by atoms with Gasteiger partial charge in [0.05, 0.1) is 4.92 Å². The number of nitrogens with one attached hydrogen (secondary N) is 1. The Labute approximate surface area is 159 Å². The van der Waals surface area contributed by atoms with E-state index >= 15 is 0 Å². The Hall–Kier alpha value is -3.20. The second kappa shape index (κ2) is 8.00. The van der Waals surface area contributed by atoms with Crippen LogP contribution in [0.2, 0.25) is 0 Å². The van der Waals surface area contributed by atoms with Gasteiger partial charge in [-0.2, -0.15) is 0 Å². The third kappa shape index (κ3) is 4.32. The first-order valence-electron chi connectivity index (χ1n) is 8.07. The van der Waals surface area contributed by atoms with Crippen molar-refractivity contribution in [2.24, 2.45) is 7.05 Å². The van der Waals surface area contributed by atoms with E-state index in [0.717, 1.165) is 11.1 Å².